The molecule has 5 atom stereocenters. The maximum absolute atomic E-state index is 12.8. The van der Waals surface area contributed by atoms with E-state index < -0.39 is 53.5 Å². The van der Waals surface area contributed by atoms with Crippen LogP contribution in [0.4, 0.5) is 0 Å². The smallest absolute Gasteiger partial charge is 0.334 e. The van der Waals surface area contributed by atoms with Gasteiger partial charge in [-0.25, -0.2) is 9.59 Å². The molecule has 8 nitrogen and oxygen atoms in total. The second kappa shape index (κ2) is 8.95. The van der Waals surface area contributed by atoms with Gasteiger partial charge in [-0.3, -0.25) is 9.59 Å². The number of hydrogen-bond acceptors (Lipinski definition) is 8. The molecule has 1 aliphatic carbocycles. The van der Waals surface area contributed by atoms with E-state index in [1.807, 2.05) is 0 Å². The number of hydrogen-bond donors (Lipinski definition) is 1. The molecule has 0 amide bonds. The summed E-state index contributed by atoms with van der Waals surface area (Å²) >= 11 is 0. The molecule has 0 aromatic rings. The van der Waals surface area contributed by atoms with Crippen molar-refractivity contribution in [2.75, 3.05) is 0 Å². The molecule has 1 fully saturated rings. The fourth-order valence-corrected chi connectivity index (χ4v) is 3.53. The average molecular weight is 420 g/mol. The van der Waals surface area contributed by atoms with Crippen LogP contribution in [-0.2, 0) is 33.4 Å². The number of aliphatic hydroxyl groups is 1. The Hall–Kier alpha value is -2.74. The maximum atomic E-state index is 12.8. The number of carbonyl (C=O) groups excluding carboxylic acids is 4. The number of ether oxygens (including phenoxy) is 3. The lowest BCUT2D eigenvalue weighted by Gasteiger charge is -2.34. The second-order valence-electron chi connectivity index (χ2n) is 7.95. The largest absolute Gasteiger partial charge is 0.458 e. The number of Topliss-reactive ketones (excluding diaryl/α,β-unsaturated/α-hetero) is 1. The first-order valence-corrected chi connectivity index (χ1v) is 9.72. The highest BCUT2D eigenvalue weighted by molar-refractivity contribution is 5.92. The Morgan fingerprint density at radius 2 is 1.93 bits per heavy atom. The molecule has 1 heterocycles. The molecule has 0 bridgehead atoms. The van der Waals surface area contributed by atoms with Gasteiger partial charge in [-0.1, -0.05) is 12.7 Å². The van der Waals surface area contributed by atoms with Gasteiger partial charge in [0.15, 0.2) is 5.78 Å². The van der Waals surface area contributed by atoms with Crippen molar-refractivity contribution in [3.05, 3.63) is 35.5 Å². The van der Waals surface area contributed by atoms with Gasteiger partial charge in [0.25, 0.3) is 0 Å². The third kappa shape index (κ3) is 5.05. The quantitative estimate of drug-likeness (QED) is 0.319. The van der Waals surface area contributed by atoms with E-state index >= 15 is 0 Å². The third-order valence-corrected chi connectivity index (χ3v) is 5.49. The second-order valence-corrected chi connectivity index (χ2v) is 7.95. The van der Waals surface area contributed by atoms with Gasteiger partial charge in [-0.2, -0.15) is 0 Å². The van der Waals surface area contributed by atoms with Crippen LogP contribution in [0.5, 0.6) is 0 Å². The zero-order chi connectivity index (χ0) is 22.8. The summed E-state index contributed by atoms with van der Waals surface area (Å²) in [5.41, 5.74) is -1.01. The Kier molecular flexibility index (Phi) is 7.02. The van der Waals surface area contributed by atoms with Crippen LogP contribution < -0.4 is 0 Å². The zero-order valence-corrected chi connectivity index (χ0v) is 17.9. The third-order valence-electron chi connectivity index (χ3n) is 5.49. The van der Waals surface area contributed by atoms with Crippen molar-refractivity contribution in [1.29, 1.82) is 0 Å². The fraction of sp³-hybridized carbons (Fsp3) is 0.545. The molecule has 164 valence electrons. The Morgan fingerprint density at radius 3 is 2.50 bits per heavy atom. The van der Waals surface area contributed by atoms with Crippen molar-refractivity contribution >= 4 is 23.7 Å². The van der Waals surface area contributed by atoms with E-state index in [2.05, 4.69) is 6.58 Å². The number of rotatable bonds is 3. The van der Waals surface area contributed by atoms with Crippen molar-refractivity contribution in [3.63, 3.8) is 0 Å². The van der Waals surface area contributed by atoms with Crippen LogP contribution >= 0.6 is 0 Å². The van der Waals surface area contributed by atoms with Gasteiger partial charge >= 0.3 is 17.9 Å². The molecule has 0 spiro atoms. The molecule has 1 aliphatic heterocycles. The Labute approximate surface area is 175 Å². The fourth-order valence-electron chi connectivity index (χ4n) is 3.53. The van der Waals surface area contributed by atoms with Gasteiger partial charge in [0.05, 0.1) is 12.3 Å². The lowest BCUT2D eigenvalue weighted by molar-refractivity contribution is -0.158. The highest BCUT2D eigenvalue weighted by atomic mass is 16.6. The molecule has 0 radical (unpaired) electrons. The van der Waals surface area contributed by atoms with Gasteiger partial charge in [0, 0.05) is 24.5 Å². The summed E-state index contributed by atoms with van der Waals surface area (Å²) in [7, 11) is 0. The van der Waals surface area contributed by atoms with Gasteiger partial charge in [0.2, 0.25) is 0 Å². The molecule has 0 unspecified atom stereocenters. The Balaban J connectivity index is 2.55. The van der Waals surface area contributed by atoms with Crippen molar-refractivity contribution in [2.45, 2.75) is 71.4 Å². The predicted molar refractivity (Wildman–Crippen MR) is 106 cm³/mol. The lowest BCUT2D eigenvalue weighted by Crippen LogP contribution is -2.46. The van der Waals surface area contributed by atoms with Crippen LogP contribution in [0, 0.1) is 5.92 Å². The molecule has 1 N–H and O–H groups in total. The highest BCUT2D eigenvalue weighted by Gasteiger charge is 2.49. The van der Waals surface area contributed by atoms with E-state index in [1.165, 1.54) is 13.8 Å². The van der Waals surface area contributed by atoms with Crippen LogP contribution in [0.3, 0.4) is 0 Å². The minimum atomic E-state index is -1.90. The zero-order valence-electron chi connectivity index (χ0n) is 17.9. The summed E-state index contributed by atoms with van der Waals surface area (Å²) in [4.78, 5) is 48.9. The van der Waals surface area contributed by atoms with Crippen LogP contribution in [0.2, 0.25) is 0 Å². The molecule has 1 saturated heterocycles. The first kappa shape index (κ1) is 23.5. The molecule has 30 heavy (non-hydrogen) atoms. The Bertz CT molecular complexity index is 832. The van der Waals surface area contributed by atoms with E-state index in [9.17, 15) is 24.3 Å². The minimum absolute atomic E-state index is 0.0767. The van der Waals surface area contributed by atoms with Crippen LogP contribution in [0.1, 0.15) is 47.5 Å². The normalized spacial score (nSPS) is 34.4. The van der Waals surface area contributed by atoms with Gasteiger partial charge in [-0.05, 0) is 39.3 Å². The topological polar surface area (TPSA) is 116 Å². The number of allylic oxidation sites excluding steroid dienone is 1. The standard InChI is InChI=1S/C22H28O8/c1-7-11(2)20(25)30-17-10-22(6,27)18(24)9-15(28-14(5)23)12(3)8-16-19(17)13(4)21(26)29-16/h7-8,15-17,19,27H,4,9-10H2,1-3,5-6H3/b11-7-,12-8+/t15-,16+,17-,19+,22+/m1/s1. The van der Waals surface area contributed by atoms with E-state index in [1.54, 1.807) is 32.9 Å². The molecule has 8 heteroatoms. The van der Waals surface area contributed by atoms with Crippen LogP contribution in [0.25, 0.3) is 0 Å². The number of carbonyl (C=O) groups is 4. The van der Waals surface area contributed by atoms with Crippen LogP contribution in [0.15, 0.2) is 35.5 Å². The van der Waals surface area contributed by atoms with Crippen molar-refractivity contribution < 1.29 is 38.5 Å². The predicted octanol–water partition coefficient (Wildman–Crippen LogP) is 1.95. The monoisotopic (exact) mass is 420 g/mol. The molecule has 0 saturated carbocycles. The number of fused-ring (bicyclic) bond motifs is 1. The molecule has 2 rings (SSSR count). The van der Waals surface area contributed by atoms with Crippen molar-refractivity contribution in [1.82, 2.24) is 0 Å². The van der Waals surface area contributed by atoms with Gasteiger partial charge < -0.3 is 19.3 Å². The first-order chi connectivity index (χ1) is 13.9. The van der Waals surface area contributed by atoms with E-state index in [-0.39, 0.29) is 18.4 Å². The summed E-state index contributed by atoms with van der Waals surface area (Å²) in [6.07, 6.45) is -0.201. The number of ketones is 1. The molecule has 2 aliphatic rings. The molecule has 0 aromatic heterocycles. The first-order valence-electron chi connectivity index (χ1n) is 9.72. The van der Waals surface area contributed by atoms with Crippen molar-refractivity contribution in [3.8, 4) is 0 Å². The van der Waals surface area contributed by atoms with E-state index in [0.717, 1.165) is 0 Å². The van der Waals surface area contributed by atoms with Crippen LogP contribution in [-0.4, -0.2) is 52.7 Å². The lowest BCUT2D eigenvalue weighted by atomic mass is 9.79. The maximum Gasteiger partial charge on any atom is 0.334 e. The molecular formula is C22H28O8. The van der Waals surface area contributed by atoms with Gasteiger partial charge in [-0.15, -0.1) is 0 Å². The van der Waals surface area contributed by atoms with Gasteiger partial charge in [0.1, 0.15) is 23.9 Å². The average Bonchev–Trinajstić information content (AvgIpc) is 2.91. The summed E-state index contributed by atoms with van der Waals surface area (Å²) < 4.78 is 16.2. The van der Waals surface area contributed by atoms with E-state index in [0.29, 0.717) is 11.1 Å². The summed E-state index contributed by atoms with van der Waals surface area (Å²) in [6, 6.07) is 0. The molecular weight excluding hydrogens is 392 g/mol. The van der Waals surface area contributed by atoms with Crippen molar-refractivity contribution in [2.24, 2.45) is 5.92 Å². The SMILES string of the molecule is C=C1C(=O)O[C@H]2/C=C(\C)[C@H](OC(C)=O)CC(=O)[C@@](C)(O)C[C@@H](OC(=O)/C(C)=C\C)[C@@H]12. The minimum Gasteiger partial charge on any atom is -0.458 e. The Morgan fingerprint density at radius 1 is 1.30 bits per heavy atom. The summed E-state index contributed by atoms with van der Waals surface area (Å²) in [5.74, 6) is -3.27. The van der Waals surface area contributed by atoms with E-state index in [4.69, 9.17) is 14.2 Å². The number of esters is 3. The molecule has 0 aromatic carbocycles. The summed E-state index contributed by atoms with van der Waals surface area (Å²) in [5, 5.41) is 10.9. The summed E-state index contributed by atoms with van der Waals surface area (Å²) in [6.45, 7) is 11.2. The highest BCUT2D eigenvalue weighted by Crippen LogP contribution is 2.38.